The number of rotatable bonds is 6. The van der Waals surface area contributed by atoms with Crippen molar-refractivity contribution in [1.29, 1.82) is 0 Å². The van der Waals surface area contributed by atoms with E-state index < -0.39 is 36.6 Å². The zero-order chi connectivity index (χ0) is 17.4. The van der Waals surface area contributed by atoms with Gasteiger partial charge < -0.3 is 23.7 Å². The molecule has 24 heavy (non-hydrogen) atoms. The molecule has 0 aromatic heterocycles. The van der Waals surface area contributed by atoms with Gasteiger partial charge in [-0.2, -0.15) is 4.99 Å². The lowest BCUT2D eigenvalue weighted by atomic mass is 10.1. The maximum Gasteiger partial charge on any atom is 0.436 e. The van der Waals surface area contributed by atoms with E-state index in [0.717, 1.165) is 12.8 Å². The van der Waals surface area contributed by atoms with Crippen LogP contribution in [0.3, 0.4) is 0 Å². The molecule has 0 aromatic carbocycles. The summed E-state index contributed by atoms with van der Waals surface area (Å²) in [5.74, 6) is 0. The molecule has 0 spiro atoms. The third-order valence-corrected chi connectivity index (χ3v) is 3.48. The maximum absolute atomic E-state index is 11.6. The first-order valence-corrected chi connectivity index (χ1v) is 7.96. The number of amides is 2. The molecule has 0 bridgehead atoms. The van der Waals surface area contributed by atoms with Gasteiger partial charge in [-0.25, -0.2) is 9.59 Å². The van der Waals surface area contributed by atoms with E-state index in [1.165, 1.54) is 6.21 Å². The topological polar surface area (TPSA) is 105 Å². The van der Waals surface area contributed by atoms with E-state index in [2.05, 4.69) is 9.98 Å². The number of ether oxygens (including phenoxy) is 5. The van der Waals surface area contributed by atoms with Crippen molar-refractivity contribution in [3.63, 3.8) is 0 Å². The number of hydrogen-bond acceptors (Lipinski definition) is 7. The summed E-state index contributed by atoms with van der Waals surface area (Å²) in [5.41, 5.74) is 0. The first-order chi connectivity index (χ1) is 11.7. The van der Waals surface area contributed by atoms with Crippen molar-refractivity contribution in [3.8, 4) is 0 Å². The van der Waals surface area contributed by atoms with Crippen molar-refractivity contribution in [3.05, 3.63) is 0 Å². The van der Waals surface area contributed by atoms with Crippen LogP contribution in [0.5, 0.6) is 0 Å². The second kappa shape index (κ2) is 9.33. The van der Waals surface area contributed by atoms with Gasteiger partial charge in [-0.1, -0.05) is 13.3 Å². The quantitative estimate of drug-likeness (QED) is 0.534. The highest BCUT2D eigenvalue weighted by atomic mass is 16.7. The van der Waals surface area contributed by atoms with Crippen molar-refractivity contribution in [2.45, 2.75) is 51.1 Å². The minimum Gasteiger partial charge on any atom is -0.483 e. The highest BCUT2D eigenvalue weighted by Gasteiger charge is 2.51. The van der Waals surface area contributed by atoms with Gasteiger partial charge in [-0.15, -0.1) is 4.99 Å². The molecule has 2 amide bonds. The zero-order valence-electron chi connectivity index (χ0n) is 13.8. The van der Waals surface area contributed by atoms with Crippen LogP contribution in [0, 0.1) is 0 Å². The summed E-state index contributed by atoms with van der Waals surface area (Å²) in [4.78, 5) is 30.3. The minimum absolute atomic E-state index is 0.151. The number of unbranched alkanes of at least 4 members (excludes halogenated alkanes) is 1. The number of carbonyl (C=O) groups is 2. The third kappa shape index (κ3) is 5.00. The molecule has 134 valence electrons. The van der Waals surface area contributed by atoms with Crippen LogP contribution in [0.1, 0.15) is 26.7 Å². The van der Waals surface area contributed by atoms with Crippen LogP contribution >= 0.6 is 0 Å². The van der Waals surface area contributed by atoms with Crippen LogP contribution in [0.2, 0.25) is 0 Å². The Balaban J connectivity index is 1.81. The molecular weight excluding hydrogens is 320 g/mol. The molecular formula is C15H22N2O7. The van der Waals surface area contributed by atoms with E-state index in [4.69, 9.17) is 23.7 Å². The van der Waals surface area contributed by atoms with Gasteiger partial charge in [0.25, 0.3) is 0 Å². The SMILES string of the molecule is CCC/C=N/C(=O)O[C@H]1CO[C@H]2[C@@H]1OC[C@H]2OC(=O)/N=C/OCC. The van der Waals surface area contributed by atoms with Crippen LogP contribution in [-0.2, 0) is 23.7 Å². The lowest BCUT2D eigenvalue weighted by Gasteiger charge is -2.15. The predicted octanol–water partition coefficient (Wildman–Crippen LogP) is 1.73. The average molecular weight is 342 g/mol. The largest absolute Gasteiger partial charge is 0.483 e. The summed E-state index contributed by atoms with van der Waals surface area (Å²) in [6.45, 7) is 4.48. The van der Waals surface area contributed by atoms with E-state index in [1.54, 1.807) is 6.92 Å². The minimum atomic E-state index is -0.786. The summed E-state index contributed by atoms with van der Waals surface area (Å²) in [6.07, 6.45) is 0.544. The van der Waals surface area contributed by atoms with Crippen LogP contribution < -0.4 is 0 Å². The fraction of sp³-hybridized carbons (Fsp3) is 0.733. The number of nitrogens with zero attached hydrogens (tertiary/aromatic N) is 2. The van der Waals surface area contributed by atoms with Gasteiger partial charge in [-0.3, -0.25) is 0 Å². The molecule has 4 atom stereocenters. The standard InChI is InChI=1S/C15H22N2O7/c1-3-5-6-16-14(18)23-10-7-21-13-11(8-22-12(10)13)24-15(19)17-9-20-4-2/h6,9-13H,3-5,7-8H2,1-2H3/b16-6+,17-9+/t10-,11+,12+,13+/m0/s1. The number of aliphatic imine (C=N–C) groups is 2. The van der Waals surface area contributed by atoms with Crippen LogP contribution in [0.15, 0.2) is 9.98 Å². The van der Waals surface area contributed by atoms with Gasteiger partial charge in [-0.05, 0) is 13.3 Å². The van der Waals surface area contributed by atoms with Crippen molar-refractivity contribution in [2.24, 2.45) is 9.98 Å². The zero-order valence-corrected chi connectivity index (χ0v) is 13.8. The van der Waals surface area contributed by atoms with Gasteiger partial charge in [0, 0.05) is 6.21 Å². The molecule has 0 unspecified atom stereocenters. The van der Waals surface area contributed by atoms with Crippen molar-refractivity contribution >= 4 is 24.8 Å². The number of hydrogen-bond donors (Lipinski definition) is 0. The van der Waals surface area contributed by atoms with Gasteiger partial charge in [0.1, 0.15) is 12.2 Å². The molecule has 0 saturated carbocycles. The Morgan fingerprint density at radius 1 is 1.04 bits per heavy atom. The van der Waals surface area contributed by atoms with E-state index in [1.807, 2.05) is 6.92 Å². The van der Waals surface area contributed by atoms with Gasteiger partial charge >= 0.3 is 12.2 Å². The van der Waals surface area contributed by atoms with E-state index in [9.17, 15) is 9.59 Å². The number of carbonyl (C=O) groups excluding carboxylic acids is 2. The normalized spacial score (nSPS) is 29.1. The molecule has 2 aliphatic heterocycles. The highest BCUT2D eigenvalue weighted by molar-refractivity contribution is 5.79. The fourth-order valence-electron chi connectivity index (χ4n) is 2.37. The molecule has 9 nitrogen and oxygen atoms in total. The van der Waals surface area contributed by atoms with Crippen molar-refractivity contribution in [2.75, 3.05) is 19.8 Å². The summed E-state index contributed by atoms with van der Waals surface area (Å²) in [7, 11) is 0. The van der Waals surface area contributed by atoms with Crippen molar-refractivity contribution in [1.82, 2.24) is 0 Å². The molecule has 0 radical (unpaired) electrons. The van der Waals surface area contributed by atoms with Gasteiger partial charge in [0.05, 0.1) is 19.8 Å². The van der Waals surface area contributed by atoms with Crippen molar-refractivity contribution < 1.29 is 33.3 Å². The Bertz CT molecular complexity index is 450. The molecule has 2 fully saturated rings. The van der Waals surface area contributed by atoms with Crippen LogP contribution in [0.4, 0.5) is 9.59 Å². The van der Waals surface area contributed by atoms with Gasteiger partial charge in [0.15, 0.2) is 18.6 Å². The monoisotopic (exact) mass is 342 g/mol. The fourth-order valence-corrected chi connectivity index (χ4v) is 2.37. The lowest BCUT2D eigenvalue weighted by Crippen LogP contribution is -2.35. The van der Waals surface area contributed by atoms with E-state index in [-0.39, 0.29) is 13.2 Å². The Morgan fingerprint density at radius 2 is 1.62 bits per heavy atom. The maximum atomic E-state index is 11.6. The van der Waals surface area contributed by atoms with Crippen LogP contribution in [0.25, 0.3) is 0 Å². The average Bonchev–Trinajstić information content (AvgIpc) is 3.12. The molecule has 0 aliphatic carbocycles. The third-order valence-electron chi connectivity index (χ3n) is 3.48. The molecule has 2 rings (SSSR count). The smallest absolute Gasteiger partial charge is 0.436 e. The first-order valence-electron chi connectivity index (χ1n) is 7.96. The summed E-state index contributed by atoms with van der Waals surface area (Å²) >= 11 is 0. The molecule has 0 N–H and O–H groups in total. The van der Waals surface area contributed by atoms with E-state index in [0.29, 0.717) is 13.0 Å². The molecule has 2 heterocycles. The number of fused-ring (bicyclic) bond motifs is 1. The Kier molecular flexibility index (Phi) is 7.13. The molecule has 9 heteroatoms. The summed E-state index contributed by atoms with van der Waals surface area (Å²) in [6, 6.07) is 0. The first kappa shape index (κ1) is 18.3. The van der Waals surface area contributed by atoms with E-state index >= 15 is 0 Å². The summed E-state index contributed by atoms with van der Waals surface area (Å²) < 4.78 is 26.3. The van der Waals surface area contributed by atoms with Crippen LogP contribution in [-0.4, -0.2) is 69.0 Å². The second-order valence-corrected chi connectivity index (χ2v) is 5.23. The predicted molar refractivity (Wildman–Crippen MR) is 83.5 cm³/mol. The Hall–Kier alpha value is -2.00. The second-order valence-electron chi connectivity index (χ2n) is 5.23. The Labute approximate surface area is 140 Å². The Morgan fingerprint density at radius 3 is 2.17 bits per heavy atom. The molecule has 2 aliphatic rings. The summed E-state index contributed by atoms with van der Waals surface area (Å²) in [5, 5.41) is 0. The van der Waals surface area contributed by atoms with Gasteiger partial charge in [0.2, 0.25) is 0 Å². The molecule has 2 saturated heterocycles. The highest BCUT2D eigenvalue weighted by Crippen LogP contribution is 2.30. The molecule has 0 aromatic rings. The lowest BCUT2D eigenvalue weighted by molar-refractivity contribution is -0.00846.